The molecule has 0 unspecified atom stereocenters. The molecule has 0 aliphatic rings. The smallest absolute Gasteiger partial charge is 0.422 e. The van der Waals surface area contributed by atoms with Crippen molar-refractivity contribution in [1.29, 1.82) is 0 Å². The lowest BCUT2D eigenvalue weighted by Crippen LogP contribution is -2.22. The third kappa shape index (κ3) is 5.01. The number of nitrogens with zero attached hydrogens (tertiary/aromatic N) is 1. The monoisotopic (exact) mass is 364 g/mol. The van der Waals surface area contributed by atoms with E-state index in [0.717, 1.165) is 0 Å². The van der Waals surface area contributed by atoms with Gasteiger partial charge in [-0.25, -0.2) is 4.98 Å². The van der Waals surface area contributed by atoms with Crippen LogP contribution in [0.5, 0.6) is 5.88 Å². The predicted octanol–water partition coefficient (Wildman–Crippen LogP) is 4.58. The lowest BCUT2D eigenvalue weighted by Gasteiger charge is -2.12. The minimum Gasteiger partial charge on any atom is -0.467 e. The largest absolute Gasteiger partial charge is 0.467 e. The summed E-state index contributed by atoms with van der Waals surface area (Å²) in [4.78, 5) is 15.8. The van der Waals surface area contributed by atoms with Crippen molar-refractivity contribution in [2.24, 2.45) is 0 Å². The van der Waals surface area contributed by atoms with E-state index in [1.165, 1.54) is 36.5 Å². The minimum atomic E-state index is -4.54. The van der Waals surface area contributed by atoms with Gasteiger partial charge in [0.05, 0.1) is 10.7 Å². The van der Waals surface area contributed by atoms with Crippen molar-refractivity contribution < 1.29 is 22.7 Å². The number of hydrogen-bond acceptors (Lipinski definition) is 3. The fourth-order valence-corrected chi connectivity index (χ4v) is 2.07. The van der Waals surface area contributed by atoms with E-state index in [1.54, 1.807) is 0 Å². The summed E-state index contributed by atoms with van der Waals surface area (Å²) in [5, 5.41) is 3.03. The molecule has 1 N–H and O–H groups in total. The van der Waals surface area contributed by atoms with Gasteiger partial charge in [-0.2, -0.15) is 13.2 Å². The van der Waals surface area contributed by atoms with Crippen LogP contribution in [0.25, 0.3) is 0 Å². The van der Waals surface area contributed by atoms with E-state index < -0.39 is 24.6 Å². The number of halogens is 5. The zero-order valence-corrected chi connectivity index (χ0v) is 12.8. The zero-order valence-electron chi connectivity index (χ0n) is 11.3. The molecule has 1 amide bonds. The summed E-state index contributed by atoms with van der Waals surface area (Å²) >= 11 is 11.7. The van der Waals surface area contributed by atoms with Gasteiger partial charge in [0.25, 0.3) is 5.91 Å². The number of anilines is 1. The van der Waals surface area contributed by atoms with Gasteiger partial charge < -0.3 is 10.1 Å². The number of benzene rings is 1. The molecular weight excluding hydrogens is 356 g/mol. The summed E-state index contributed by atoms with van der Waals surface area (Å²) in [6.07, 6.45) is -3.32. The Balaban J connectivity index is 2.19. The topological polar surface area (TPSA) is 51.2 Å². The Labute approximate surface area is 139 Å². The molecule has 0 radical (unpaired) electrons. The van der Waals surface area contributed by atoms with Gasteiger partial charge in [0, 0.05) is 11.2 Å². The van der Waals surface area contributed by atoms with Crippen molar-refractivity contribution in [3.8, 4) is 5.88 Å². The molecule has 0 spiro atoms. The Morgan fingerprint density at radius 2 is 2.00 bits per heavy atom. The van der Waals surface area contributed by atoms with Crippen molar-refractivity contribution in [2.75, 3.05) is 11.9 Å². The van der Waals surface area contributed by atoms with E-state index >= 15 is 0 Å². The van der Waals surface area contributed by atoms with Crippen molar-refractivity contribution in [3.05, 3.63) is 52.1 Å². The van der Waals surface area contributed by atoms with Crippen LogP contribution in [0, 0.1) is 0 Å². The molecule has 0 aliphatic carbocycles. The molecule has 0 bridgehead atoms. The van der Waals surface area contributed by atoms with Crippen molar-refractivity contribution in [1.82, 2.24) is 4.98 Å². The standard InChI is InChI=1S/C14H9Cl2F3N2O2/c15-8-3-4-11(10(16)6-8)21-12(22)9-2-1-5-20-13(9)23-7-14(17,18)19/h1-6H,7H2,(H,21,22). The summed E-state index contributed by atoms with van der Waals surface area (Å²) in [5.41, 5.74) is 0.106. The van der Waals surface area contributed by atoms with E-state index in [0.29, 0.717) is 5.02 Å². The van der Waals surface area contributed by atoms with Gasteiger partial charge in [-0.3, -0.25) is 4.79 Å². The van der Waals surface area contributed by atoms with Crippen LogP contribution in [-0.4, -0.2) is 23.7 Å². The second kappa shape index (κ2) is 7.06. The maximum Gasteiger partial charge on any atom is 0.422 e. The lowest BCUT2D eigenvalue weighted by molar-refractivity contribution is -0.154. The van der Waals surface area contributed by atoms with Crippen molar-refractivity contribution in [2.45, 2.75) is 6.18 Å². The van der Waals surface area contributed by atoms with Crippen molar-refractivity contribution in [3.63, 3.8) is 0 Å². The summed E-state index contributed by atoms with van der Waals surface area (Å²) in [6.45, 7) is -1.55. The molecule has 0 saturated carbocycles. The number of ether oxygens (including phenoxy) is 1. The zero-order chi connectivity index (χ0) is 17.0. The summed E-state index contributed by atoms with van der Waals surface area (Å²) < 4.78 is 41.2. The van der Waals surface area contributed by atoms with Crippen LogP contribution in [0.15, 0.2) is 36.5 Å². The first-order valence-electron chi connectivity index (χ1n) is 6.17. The number of rotatable bonds is 4. The number of amides is 1. The summed E-state index contributed by atoms with van der Waals surface area (Å²) in [7, 11) is 0. The summed E-state index contributed by atoms with van der Waals surface area (Å²) in [6, 6.07) is 7.09. The highest BCUT2D eigenvalue weighted by Gasteiger charge is 2.29. The molecule has 2 rings (SSSR count). The van der Waals surface area contributed by atoms with Crippen LogP contribution < -0.4 is 10.1 Å². The third-order valence-electron chi connectivity index (χ3n) is 2.57. The molecule has 122 valence electrons. The second-order valence-electron chi connectivity index (χ2n) is 4.34. The fourth-order valence-electron chi connectivity index (χ4n) is 1.61. The SMILES string of the molecule is O=C(Nc1ccc(Cl)cc1Cl)c1cccnc1OCC(F)(F)F. The van der Waals surface area contributed by atoms with E-state index in [9.17, 15) is 18.0 Å². The molecule has 0 atom stereocenters. The van der Waals surface area contributed by atoms with Gasteiger partial charge in [-0.15, -0.1) is 0 Å². The number of carbonyl (C=O) groups excluding carboxylic acids is 1. The van der Waals surface area contributed by atoms with Gasteiger partial charge in [-0.05, 0) is 30.3 Å². The Kier molecular flexibility index (Phi) is 5.33. The van der Waals surface area contributed by atoms with E-state index in [1.807, 2.05) is 0 Å². The maximum absolute atomic E-state index is 12.2. The average Bonchev–Trinajstić information content (AvgIpc) is 2.47. The molecular formula is C14H9Cl2F3N2O2. The number of hydrogen-bond donors (Lipinski definition) is 1. The maximum atomic E-state index is 12.2. The molecule has 0 aliphatic heterocycles. The number of pyridine rings is 1. The molecule has 9 heteroatoms. The highest BCUT2D eigenvalue weighted by Crippen LogP contribution is 2.27. The normalized spacial score (nSPS) is 11.2. The van der Waals surface area contributed by atoms with E-state index in [-0.39, 0.29) is 16.3 Å². The van der Waals surface area contributed by atoms with E-state index in [2.05, 4.69) is 15.0 Å². The van der Waals surface area contributed by atoms with Crippen LogP contribution >= 0.6 is 23.2 Å². The Hall–Kier alpha value is -1.99. The molecule has 1 aromatic carbocycles. The second-order valence-corrected chi connectivity index (χ2v) is 5.18. The van der Waals surface area contributed by atoms with Gasteiger partial charge in [0.2, 0.25) is 5.88 Å². The predicted molar refractivity (Wildman–Crippen MR) is 80.2 cm³/mol. The molecule has 1 heterocycles. The van der Waals surface area contributed by atoms with Gasteiger partial charge in [0.1, 0.15) is 5.56 Å². The number of aromatic nitrogens is 1. The first-order chi connectivity index (χ1) is 10.8. The Morgan fingerprint density at radius 1 is 1.26 bits per heavy atom. The molecule has 2 aromatic rings. The first-order valence-corrected chi connectivity index (χ1v) is 6.93. The fraction of sp³-hybridized carbons (Fsp3) is 0.143. The molecule has 1 aromatic heterocycles. The molecule has 4 nitrogen and oxygen atoms in total. The first kappa shape index (κ1) is 17.4. The highest BCUT2D eigenvalue weighted by molar-refractivity contribution is 6.36. The molecule has 23 heavy (non-hydrogen) atoms. The Bertz CT molecular complexity index is 723. The Morgan fingerprint density at radius 3 is 2.65 bits per heavy atom. The van der Waals surface area contributed by atoms with Crippen LogP contribution in [0.1, 0.15) is 10.4 Å². The lowest BCUT2D eigenvalue weighted by atomic mass is 10.2. The number of nitrogens with one attached hydrogen (secondary N) is 1. The quantitative estimate of drug-likeness (QED) is 0.863. The van der Waals surface area contributed by atoms with Crippen LogP contribution in [0.4, 0.5) is 18.9 Å². The van der Waals surface area contributed by atoms with Crippen LogP contribution in [0.3, 0.4) is 0 Å². The van der Waals surface area contributed by atoms with Gasteiger partial charge in [-0.1, -0.05) is 23.2 Å². The van der Waals surface area contributed by atoms with Gasteiger partial charge >= 0.3 is 6.18 Å². The van der Waals surface area contributed by atoms with Crippen LogP contribution in [-0.2, 0) is 0 Å². The third-order valence-corrected chi connectivity index (χ3v) is 3.12. The molecule has 0 fully saturated rings. The summed E-state index contributed by atoms with van der Waals surface area (Å²) in [5.74, 6) is -1.13. The average molecular weight is 365 g/mol. The van der Waals surface area contributed by atoms with Crippen LogP contribution in [0.2, 0.25) is 10.0 Å². The number of carbonyl (C=O) groups is 1. The van der Waals surface area contributed by atoms with Crippen molar-refractivity contribution >= 4 is 34.8 Å². The minimum absolute atomic E-state index is 0.150. The van der Waals surface area contributed by atoms with E-state index in [4.69, 9.17) is 23.2 Å². The number of alkyl halides is 3. The van der Waals surface area contributed by atoms with Gasteiger partial charge in [0.15, 0.2) is 6.61 Å². The molecule has 0 saturated heterocycles. The highest BCUT2D eigenvalue weighted by atomic mass is 35.5.